The van der Waals surface area contributed by atoms with Crippen LogP contribution in [0.3, 0.4) is 0 Å². The number of carbonyl (C=O) groups is 1. The molecular formula is C26H31N5O4. The van der Waals surface area contributed by atoms with Gasteiger partial charge in [-0.05, 0) is 61.4 Å². The quantitative estimate of drug-likeness (QED) is 0.575. The van der Waals surface area contributed by atoms with E-state index in [1.165, 1.54) is 0 Å². The van der Waals surface area contributed by atoms with Crippen molar-refractivity contribution in [1.82, 2.24) is 25.3 Å². The number of urea groups is 1. The van der Waals surface area contributed by atoms with E-state index in [0.29, 0.717) is 37.3 Å². The summed E-state index contributed by atoms with van der Waals surface area (Å²) in [4.78, 5) is 23.3. The molecule has 2 fully saturated rings. The maximum Gasteiger partial charge on any atom is 0.317 e. The van der Waals surface area contributed by atoms with Gasteiger partial charge in [0.15, 0.2) is 0 Å². The van der Waals surface area contributed by atoms with Gasteiger partial charge in [0.25, 0.3) is 0 Å². The van der Waals surface area contributed by atoms with Gasteiger partial charge in [0.05, 0.1) is 12.7 Å². The Morgan fingerprint density at radius 3 is 2.80 bits per heavy atom. The van der Waals surface area contributed by atoms with Crippen molar-refractivity contribution in [3.63, 3.8) is 0 Å². The van der Waals surface area contributed by atoms with Crippen LogP contribution in [0.25, 0.3) is 11.4 Å². The van der Waals surface area contributed by atoms with E-state index in [1.54, 1.807) is 19.5 Å². The van der Waals surface area contributed by atoms with Crippen LogP contribution in [0.4, 0.5) is 4.79 Å². The van der Waals surface area contributed by atoms with E-state index in [0.717, 1.165) is 55.6 Å². The third-order valence-electron chi connectivity index (χ3n) is 7.01. The molecule has 1 unspecified atom stereocenters. The predicted octanol–water partition coefficient (Wildman–Crippen LogP) is 3.85. The number of benzene rings is 1. The highest BCUT2D eigenvalue weighted by Gasteiger charge is 2.41. The van der Waals surface area contributed by atoms with Crippen LogP contribution in [0.15, 0.2) is 53.3 Å². The average molecular weight is 478 g/mol. The topological polar surface area (TPSA) is 103 Å². The van der Waals surface area contributed by atoms with Gasteiger partial charge in [0.1, 0.15) is 5.75 Å². The monoisotopic (exact) mass is 477 g/mol. The second kappa shape index (κ2) is 10.4. The first-order chi connectivity index (χ1) is 17.1. The van der Waals surface area contributed by atoms with E-state index in [1.807, 2.05) is 41.3 Å². The largest absolute Gasteiger partial charge is 0.497 e. The van der Waals surface area contributed by atoms with Crippen LogP contribution in [-0.4, -0.2) is 58.5 Å². The molecule has 0 aliphatic carbocycles. The summed E-state index contributed by atoms with van der Waals surface area (Å²) in [5, 5.41) is 7.15. The molecule has 35 heavy (non-hydrogen) atoms. The summed E-state index contributed by atoms with van der Waals surface area (Å²) in [7, 11) is 1.64. The van der Waals surface area contributed by atoms with E-state index in [9.17, 15) is 4.79 Å². The number of hydrogen-bond acceptors (Lipinski definition) is 7. The minimum absolute atomic E-state index is 0.0307. The minimum Gasteiger partial charge on any atom is -0.497 e. The van der Waals surface area contributed by atoms with Crippen molar-refractivity contribution in [2.24, 2.45) is 5.92 Å². The molecule has 2 saturated heterocycles. The van der Waals surface area contributed by atoms with Crippen molar-refractivity contribution in [2.75, 3.05) is 26.8 Å². The average Bonchev–Trinajstić information content (AvgIpc) is 3.37. The summed E-state index contributed by atoms with van der Waals surface area (Å²) in [5.41, 5.74) is 1.71. The minimum atomic E-state index is -0.179. The number of pyridine rings is 1. The van der Waals surface area contributed by atoms with Crippen LogP contribution in [0.1, 0.15) is 37.1 Å². The molecule has 1 aromatic carbocycles. The van der Waals surface area contributed by atoms with Crippen molar-refractivity contribution in [3.05, 3.63) is 60.2 Å². The smallest absolute Gasteiger partial charge is 0.317 e. The normalized spacial score (nSPS) is 19.5. The summed E-state index contributed by atoms with van der Waals surface area (Å²) < 4.78 is 17.0. The fourth-order valence-corrected chi connectivity index (χ4v) is 5.00. The number of methoxy groups -OCH3 is 1. The van der Waals surface area contributed by atoms with Crippen LogP contribution in [0, 0.1) is 5.92 Å². The summed E-state index contributed by atoms with van der Waals surface area (Å²) in [5.74, 6) is 2.45. The van der Waals surface area contributed by atoms with Gasteiger partial charge in [-0.3, -0.25) is 4.98 Å². The lowest BCUT2D eigenvalue weighted by atomic mass is 9.78. The highest BCUT2D eigenvalue weighted by atomic mass is 16.5. The fourth-order valence-electron chi connectivity index (χ4n) is 5.00. The van der Waals surface area contributed by atoms with Crippen LogP contribution in [-0.2, 0) is 17.7 Å². The van der Waals surface area contributed by atoms with Crippen LogP contribution >= 0.6 is 0 Å². The van der Waals surface area contributed by atoms with E-state index in [-0.39, 0.29) is 11.6 Å². The van der Waals surface area contributed by atoms with E-state index < -0.39 is 0 Å². The molecule has 0 saturated carbocycles. The van der Waals surface area contributed by atoms with Crippen LogP contribution in [0.5, 0.6) is 5.75 Å². The molecular weight excluding hydrogens is 446 g/mol. The molecule has 2 amide bonds. The Kier molecular flexibility index (Phi) is 6.94. The standard InChI is InChI=1S/C26H31N5O4/c1-33-22-6-4-19(5-7-22)17-28-25(32)31-12-9-26(10-13-31)16-20(8-14-34-26)15-23-29-24(30-35-23)21-3-2-11-27-18-21/h2-7,11,18,20H,8-10,12-17H2,1H3,(H,28,32). The first-order valence-corrected chi connectivity index (χ1v) is 12.2. The van der Waals surface area contributed by atoms with Gasteiger partial charge in [-0.1, -0.05) is 17.3 Å². The highest BCUT2D eigenvalue weighted by molar-refractivity contribution is 5.74. The molecule has 3 aromatic rings. The molecule has 1 N–H and O–H groups in total. The van der Waals surface area contributed by atoms with Gasteiger partial charge in [-0.2, -0.15) is 4.98 Å². The fraction of sp³-hybridized carbons (Fsp3) is 0.462. The highest BCUT2D eigenvalue weighted by Crippen LogP contribution is 2.38. The Balaban J connectivity index is 1.11. The predicted molar refractivity (Wildman–Crippen MR) is 129 cm³/mol. The lowest BCUT2D eigenvalue weighted by molar-refractivity contribution is -0.123. The molecule has 1 spiro atoms. The van der Waals surface area contributed by atoms with Gasteiger partial charge >= 0.3 is 6.03 Å². The number of likely N-dealkylation sites (tertiary alicyclic amines) is 1. The Bertz CT molecular complexity index is 1110. The van der Waals surface area contributed by atoms with Gasteiger partial charge in [-0.15, -0.1) is 0 Å². The summed E-state index contributed by atoms with van der Waals surface area (Å²) in [6.07, 6.45) is 7.79. The molecule has 0 bridgehead atoms. The number of piperidine rings is 1. The summed E-state index contributed by atoms with van der Waals surface area (Å²) in [6.45, 7) is 2.59. The maximum absolute atomic E-state index is 12.7. The lowest BCUT2D eigenvalue weighted by Crippen LogP contribution is -2.52. The zero-order valence-corrected chi connectivity index (χ0v) is 20.0. The maximum atomic E-state index is 12.7. The molecule has 184 valence electrons. The molecule has 1 atom stereocenters. The summed E-state index contributed by atoms with van der Waals surface area (Å²) >= 11 is 0. The second-order valence-electron chi connectivity index (χ2n) is 9.34. The van der Waals surface area contributed by atoms with Gasteiger partial charge < -0.3 is 24.2 Å². The van der Waals surface area contributed by atoms with Crippen molar-refractivity contribution >= 4 is 6.03 Å². The first-order valence-electron chi connectivity index (χ1n) is 12.2. The third kappa shape index (κ3) is 5.62. The number of aromatic nitrogens is 3. The van der Waals surface area contributed by atoms with Crippen molar-refractivity contribution < 1.29 is 18.8 Å². The van der Waals surface area contributed by atoms with Gasteiger partial charge in [0.2, 0.25) is 11.7 Å². The molecule has 2 aliphatic heterocycles. The van der Waals surface area contributed by atoms with E-state index in [2.05, 4.69) is 20.4 Å². The molecule has 2 aromatic heterocycles. The van der Waals surface area contributed by atoms with Gasteiger partial charge in [0, 0.05) is 50.6 Å². The SMILES string of the molecule is COc1ccc(CNC(=O)N2CCC3(CC2)CC(Cc2nc(-c4cccnc4)no2)CCO3)cc1. The van der Waals surface area contributed by atoms with Gasteiger partial charge in [-0.25, -0.2) is 4.79 Å². The number of hydrogen-bond donors (Lipinski definition) is 1. The molecule has 5 rings (SSSR count). The van der Waals surface area contributed by atoms with E-state index in [4.69, 9.17) is 14.0 Å². The molecule has 2 aliphatic rings. The Morgan fingerprint density at radius 2 is 2.06 bits per heavy atom. The Morgan fingerprint density at radius 1 is 1.23 bits per heavy atom. The van der Waals surface area contributed by atoms with Crippen LogP contribution < -0.4 is 10.1 Å². The third-order valence-corrected chi connectivity index (χ3v) is 7.01. The number of ether oxygens (including phenoxy) is 2. The molecule has 9 heteroatoms. The number of nitrogens with zero attached hydrogens (tertiary/aromatic N) is 4. The van der Waals surface area contributed by atoms with Crippen molar-refractivity contribution in [3.8, 4) is 17.1 Å². The number of amides is 2. The Hall–Kier alpha value is -3.46. The van der Waals surface area contributed by atoms with Crippen molar-refractivity contribution in [1.29, 1.82) is 0 Å². The summed E-state index contributed by atoms with van der Waals surface area (Å²) in [6, 6.07) is 11.5. The molecule has 4 heterocycles. The number of nitrogens with one attached hydrogen (secondary N) is 1. The number of rotatable bonds is 6. The zero-order valence-electron chi connectivity index (χ0n) is 20.0. The Labute approximate surface area is 204 Å². The second-order valence-corrected chi connectivity index (χ2v) is 9.34. The zero-order chi connectivity index (χ0) is 24.1. The number of carbonyl (C=O) groups excluding carboxylic acids is 1. The lowest BCUT2D eigenvalue weighted by Gasteiger charge is -2.46. The molecule has 9 nitrogen and oxygen atoms in total. The first kappa shape index (κ1) is 23.3. The van der Waals surface area contributed by atoms with E-state index >= 15 is 0 Å². The van der Waals surface area contributed by atoms with Crippen LogP contribution in [0.2, 0.25) is 0 Å². The molecule has 0 radical (unpaired) electrons. The van der Waals surface area contributed by atoms with Crippen molar-refractivity contribution in [2.45, 2.75) is 44.2 Å².